The van der Waals surface area contributed by atoms with Crippen LogP contribution < -0.4 is 5.73 Å². The van der Waals surface area contributed by atoms with Gasteiger partial charge in [-0.3, -0.25) is 0 Å². The number of nitrogens with zero attached hydrogens (tertiary/aromatic N) is 3. The second kappa shape index (κ2) is 3.42. The Bertz CT molecular complexity index is 539. The number of benzene rings is 1. The van der Waals surface area contributed by atoms with Crippen LogP contribution in [0.4, 0.5) is 15.9 Å². The van der Waals surface area contributed by atoms with Gasteiger partial charge < -0.3 is 5.73 Å². The van der Waals surface area contributed by atoms with Gasteiger partial charge in [-0.25, -0.2) is 13.9 Å². The van der Waals surface area contributed by atoms with E-state index in [9.17, 15) is 4.39 Å². The van der Waals surface area contributed by atoms with Gasteiger partial charge in [-0.05, 0) is 18.2 Å². The molecule has 0 fully saturated rings. The summed E-state index contributed by atoms with van der Waals surface area (Å²) < 4.78 is 14.3. The van der Waals surface area contributed by atoms with Crippen molar-refractivity contribution in [3.63, 3.8) is 0 Å². The van der Waals surface area contributed by atoms with E-state index < -0.39 is 0 Å². The maximum absolute atomic E-state index is 12.9. The molecule has 5 heteroatoms. The maximum atomic E-state index is 12.9. The van der Waals surface area contributed by atoms with E-state index in [2.05, 4.69) is 9.94 Å². The second-order valence-corrected chi connectivity index (χ2v) is 2.92. The van der Waals surface area contributed by atoms with Gasteiger partial charge >= 0.3 is 0 Å². The summed E-state index contributed by atoms with van der Waals surface area (Å²) in [7, 11) is 0. The number of anilines is 1. The highest BCUT2D eigenvalue weighted by Crippen LogP contribution is 2.24. The number of hydrogen-bond acceptors (Lipinski definition) is 2. The molecule has 0 radical (unpaired) electrons. The summed E-state index contributed by atoms with van der Waals surface area (Å²) in [4.78, 5) is 3.19. The van der Waals surface area contributed by atoms with Crippen molar-refractivity contribution >= 4 is 11.5 Å². The van der Waals surface area contributed by atoms with E-state index in [-0.39, 0.29) is 17.3 Å². The summed E-state index contributed by atoms with van der Waals surface area (Å²) in [6.07, 6.45) is 1.35. The predicted octanol–water partition coefficient (Wildman–Crippen LogP) is 2.14. The molecule has 2 aromatic rings. The van der Waals surface area contributed by atoms with Gasteiger partial charge in [-0.1, -0.05) is 6.07 Å². The number of nitrogen functional groups attached to an aromatic ring is 1. The van der Waals surface area contributed by atoms with Crippen molar-refractivity contribution in [1.82, 2.24) is 9.78 Å². The molecular weight excluding hydrogens is 195 g/mol. The fourth-order valence-electron chi connectivity index (χ4n) is 1.25. The van der Waals surface area contributed by atoms with Crippen LogP contribution in [-0.4, -0.2) is 9.78 Å². The van der Waals surface area contributed by atoms with Crippen molar-refractivity contribution in [2.24, 2.45) is 0 Å². The monoisotopic (exact) mass is 202 g/mol. The third-order valence-corrected chi connectivity index (χ3v) is 1.96. The van der Waals surface area contributed by atoms with E-state index in [4.69, 9.17) is 12.3 Å². The predicted molar refractivity (Wildman–Crippen MR) is 54.2 cm³/mol. The molecule has 0 saturated carbocycles. The van der Waals surface area contributed by atoms with Gasteiger partial charge in [0.15, 0.2) is 0 Å². The topological polar surface area (TPSA) is 48.2 Å². The summed E-state index contributed by atoms with van der Waals surface area (Å²) in [6, 6.07) is 5.86. The lowest BCUT2D eigenvalue weighted by Gasteiger charge is -2.03. The van der Waals surface area contributed by atoms with Gasteiger partial charge in [0.2, 0.25) is 5.69 Å². The first-order valence-electron chi connectivity index (χ1n) is 4.19. The van der Waals surface area contributed by atoms with Crippen LogP contribution in [-0.2, 0) is 0 Å². The third-order valence-electron chi connectivity index (χ3n) is 1.96. The molecule has 0 spiro atoms. The Balaban J connectivity index is 2.56. The molecule has 0 aliphatic carbocycles. The zero-order valence-corrected chi connectivity index (χ0v) is 7.68. The van der Waals surface area contributed by atoms with Crippen LogP contribution in [0.15, 0.2) is 30.5 Å². The first-order chi connectivity index (χ1) is 7.22. The molecule has 2 N–H and O–H groups in total. The molecular formula is C10H7FN4. The van der Waals surface area contributed by atoms with Gasteiger partial charge in [-0.2, -0.15) is 5.10 Å². The van der Waals surface area contributed by atoms with Gasteiger partial charge in [0.25, 0.3) is 0 Å². The van der Waals surface area contributed by atoms with E-state index in [0.29, 0.717) is 5.69 Å². The van der Waals surface area contributed by atoms with Gasteiger partial charge in [-0.15, -0.1) is 0 Å². The fraction of sp³-hybridized carbons (Fsp3) is 0. The standard InChI is InChI=1S/C10H7FN4/c1-13-9-6-14-15(10(9)12)8-4-2-3-7(11)5-8/h2-6H,12H2. The van der Waals surface area contributed by atoms with Gasteiger partial charge in [0.05, 0.1) is 18.5 Å². The third kappa shape index (κ3) is 1.53. The molecule has 0 unspecified atom stereocenters. The van der Waals surface area contributed by atoms with Crippen molar-refractivity contribution in [2.45, 2.75) is 0 Å². The van der Waals surface area contributed by atoms with Crippen LogP contribution >= 0.6 is 0 Å². The molecule has 1 heterocycles. The highest BCUT2D eigenvalue weighted by atomic mass is 19.1. The van der Waals surface area contributed by atoms with Crippen molar-refractivity contribution < 1.29 is 4.39 Å². The quantitative estimate of drug-likeness (QED) is 0.720. The lowest BCUT2D eigenvalue weighted by molar-refractivity contribution is 0.625. The van der Waals surface area contributed by atoms with E-state index in [1.807, 2.05) is 0 Å². The highest BCUT2D eigenvalue weighted by Gasteiger charge is 2.08. The molecule has 1 aromatic heterocycles. The minimum atomic E-state index is -0.369. The van der Waals surface area contributed by atoms with Crippen LogP contribution in [0.2, 0.25) is 0 Å². The number of hydrogen-bond donors (Lipinski definition) is 1. The smallest absolute Gasteiger partial charge is 0.247 e. The maximum Gasteiger partial charge on any atom is 0.247 e. The largest absolute Gasteiger partial charge is 0.392 e. The number of aromatic nitrogens is 2. The van der Waals surface area contributed by atoms with E-state index in [1.54, 1.807) is 12.1 Å². The Morgan fingerprint density at radius 1 is 1.47 bits per heavy atom. The summed E-state index contributed by atoms with van der Waals surface area (Å²) >= 11 is 0. The molecule has 15 heavy (non-hydrogen) atoms. The SMILES string of the molecule is [C-]#[N+]c1cnn(-c2cccc(F)c2)c1N. The Kier molecular flexibility index (Phi) is 2.10. The average Bonchev–Trinajstić information content (AvgIpc) is 2.59. The normalized spacial score (nSPS) is 9.87. The van der Waals surface area contributed by atoms with Crippen molar-refractivity contribution in [3.8, 4) is 5.69 Å². The molecule has 0 amide bonds. The molecule has 0 bridgehead atoms. The molecule has 0 atom stereocenters. The molecule has 0 aliphatic heterocycles. The first-order valence-corrected chi connectivity index (χ1v) is 4.19. The molecule has 4 nitrogen and oxygen atoms in total. The van der Waals surface area contributed by atoms with E-state index in [0.717, 1.165) is 0 Å². The van der Waals surface area contributed by atoms with Crippen molar-refractivity contribution in [3.05, 3.63) is 47.7 Å². The molecule has 0 aliphatic rings. The van der Waals surface area contributed by atoms with Gasteiger partial charge in [0.1, 0.15) is 11.6 Å². The Morgan fingerprint density at radius 2 is 2.27 bits per heavy atom. The summed E-state index contributed by atoms with van der Waals surface area (Å²) in [6.45, 7) is 6.82. The molecule has 1 aromatic carbocycles. The fourth-order valence-corrected chi connectivity index (χ4v) is 1.25. The minimum Gasteiger partial charge on any atom is -0.392 e. The van der Waals surface area contributed by atoms with E-state index >= 15 is 0 Å². The Hall–Kier alpha value is -2.35. The Morgan fingerprint density at radius 3 is 2.87 bits per heavy atom. The molecule has 2 rings (SSSR count). The van der Waals surface area contributed by atoms with Crippen LogP contribution in [0.5, 0.6) is 0 Å². The summed E-state index contributed by atoms with van der Waals surface area (Å²) in [5.41, 5.74) is 6.43. The number of nitrogens with two attached hydrogens (primary N) is 1. The zero-order chi connectivity index (χ0) is 10.8. The van der Waals surface area contributed by atoms with Gasteiger partial charge in [0, 0.05) is 0 Å². The van der Waals surface area contributed by atoms with Crippen LogP contribution in [0.3, 0.4) is 0 Å². The van der Waals surface area contributed by atoms with Crippen LogP contribution in [0, 0.1) is 12.4 Å². The summed E-state index contributed by atoms with van der Waals surface area (Å²) in [5, 5.41) is 3.91. The number of rotatable bonds is 1. The highest BCUT2D eigenvalue weighted by molar-refractivity contribution is 5.64. The van der Waals surface area contributed by atoms with Crippen LogP contribution in [0.25, 0.3) is 10.5 Å². The molecule has 0 saturated heterocycles. The number of halogens is 1. The zero-order valence-electron chi connectivity index (χ0n) is 7.68. The first kappa shape index (κ1) is 9.21. The lowest BCUT2D eigenvalue weighted by atomic mass is 10.3. The van der Waals surface area contributed by atoms with E-state index in [1.165, 1.54) is 23.0 Å². The lowest BCUT2D eigenvalue weighted by Crippen LogP contribution is -2.01. The van der Waals surface area contributed by atoms with Crippen molar-refractivity contribution in [1.29, 1.82) is 0 Å². The van der Waals surface area contributed by atoms with Crippen molar-refractivity contribution in [2.75, 3.05) is 5.73 Å². The average molecular weight is 202 g/mol. The summed E-state index contributed by atoms with van der Waals surface area (Å²) in [5.74, 6) is -0.151. The second-order valence-electron chi connectivity index (χ2n) is 2.92. The molecule has 74 valence electrons. The Labute approximate surface area is 85.6 Å². The minimum absolute atomic E-state index is 0.218. The van der Waals surface area contributed by atoms with Crippen LogP contribution in [0.1, 0.15) is 0 Å².